The minimum atomic E-state index is -1.77. The lowest BCUT2D eigenvalue weighted by molar-refractivity contribution is -0.225. The first kappa shape index (κ1) is 16.8. The summed E-state index contributed by atoms with van der Waals surface area (Å²) >= 11 is 0. The van der Waals surface area contributed by atoms with Gasteiger partial charge in [0, 0.05) is 23.0 Å². The van der Waals surface area contributed by atoms with E-state index in [2.05, 4.69) is 13.5 Å². The van der Waals surface area contributed by atoms with Crippen molar-refractivity contribution in [1.29, 1.82) is 0 Å². The molecule has 6 atom stereocenters. The minimum absolute atomic E-state index is 0.00934. The molecule has 2 heterocycles. The highest BCUT2D eigenvalue weighted by Gasteiger charge is 2.80. The predicted octanol–water partition coefficient (Wildman–Crippen LogP) is 2.01. The van der Waals surface area contributed by atoms with E-state index in [0.29, 0.717) is 11.1 Å². The molecule has 1 spiro atoms. The molecule has 0 aromatic carbocycles. The van der Waals surface area contributed by atoms with Crippen LogP contribution in [0.2, 0.25) is 0 Å². The first-order chi connectivity index (χ1) is 11.6. The van der Waals surface area contributed by atoms with E-state index >= 15 is 0 Å². The Kier molecular flexibility index (Phi) is 3.18. The smallest absolute Gasteiger partial charge is 0.336 e. The highest BCUT2D eigenvalue weighted by atomic mass is 16.7. The third-order valence-corrected chi connectivity index (χ3v) is 6.89. The lowest BCUT2D eigenvalue weighted by atomic mass is 9.51. The summed E-state index contributed by atoms with van der Waals surface area (Å²) in [5.41, 5.74) is -0.241. The Hall–Kier alpha value is -1.66. The maximum Gasteiger partial charge on any atom is 0.336 e. The number of ether oxygens (including phenoxy) is 3. The second kappa shape index (κ2) is 4.74. The Bertz CT molecular complexity index is 738. The first-order valence-electron chi connectivity index (χ1n) is 8.78. The van der Waals surface area contributed by atoms with E-state index in [4.69, 9.17) is 14.2 Å². The van der Waals surface area contributed by atoms with Gasteiger partial charge in [0.2, 0.25) is 5.79 Å². The van der Waals surface area contributed by atoms with Gasteiger partial charge in [0.15, 0.2) is 0 Å². The van der Waals surface area contributed by atoms with Crippen molar-refractivity contribution >= 4 is 11.9 Å². The monoisotopic (exact) mass is 348 g/mol. The molecule has 2 aliphatic carbocycles. The van der Waals surface area contributed by atoms with Crippen molar-refractivity contribution in [2.75, 3.05) is 0 Å². The van der Waals surface area contributed by atoms with Crippen molar-refractivity contribution in [3.05, 3.63) is 23.3 Å². The second-order valence-electron chi connectivity index (χ2n) is 8.21. The summed E-state index contributed by atoms with van der Waals surface area (Å²) in [5.74, 6) is -2.70. The van der Waals surface area contributed by atoms with Gasteiger partial charge < -0.3 is 19.3 Å². The molecule has 25 heavy (non-hydrogen) atoms. The molecule has 0 radical (unpaired) electrons. The zero-order chi connectivity index (χ0) is 18.4. The molecule has 1 N–H and O–H groups in total. The number of rotatable bonds is 2. The van der Waals surface area contributed by atoms with Gasteiger partial charge in [-0.25, -0.2) is 9.59 Å². The standard InChI is InChI=1S/C19H24O6/c1-9(2)15(20)23-14-13-11(4)16(21)25-19(13,22)8-18-12(24-18)7-6-10(3)17(14,18)5/h10,12,14,22H,1,6-8H2,2-5H3/t10-,12?,14+,17-,18?,19?/m0/s1. The molecule has 6 nitrogen and oxygen atoms in total. The van der Waals surface area contributed by atoms with Gasteiger partial charge in [-0.3, -0.25) is 0 Å². The SMILES string of the molecule is C=C(C)C(=O)O[C@@H]1C2=C(C)C(=O)OC2(O)CC23OC2CC[C@H](C)[C@@]13C. The van der Waals surface area contributed by atoms with Gasteiger partial charge in [-0.1, -0.05) is 20.4 Å². The van der Waals surface area contributed by atoms with Crippen LogP contribution in [0, 0.1) is 11.3 Å². The van der Waals surface area contributed by atoms with Gasteiger partial charge in [-0.05, 0) is 32.6 Å². The van der Waals surface area contributed by atoms with E-state index in [1.807, 2.05) is 6.92 Å². The van der Waals surface area contributed by atoms with Crippen molar-refractivity contribution in [3.63, 3.8) is 0 Å². The van der Waals surface area contributed by atoms with Gasteiger partial charge >= 0.3 is 11.9 Å². The molecule has 6 heteroatoms. The van der Waals surface area contributed by atoms with Crippen LogP contribution >= 0.6 is 0 Å². The van der Waals surface area contributed by atoms with Crippen LogP contribution in [0.15, 0.2) is 23.3 Å². The molecule has 4 aliphatic rings. The number of aliphatic hydroxyl groups is 1. The van der Waals surface area contributed by atoms with Gasteiger partial charge in [0.25, 0.3) is 0 Å². The number of esters is 2. The summed E-state index contributed by atoms with van der Waals surface area (Å²) in [6.45, 7) is 11.0. The Morgan fingerprint density at radius 1 is 1.40 bits per heavy atom. The van der Waals surface area contributed by atoms with E-state index < -0.39 is 34.8 Å². The first-order valence-corrected chi connectivity index (χ1v) is 8.78. The summed E-state index contributed by atoms with van der Waals surface area (Å²) in [6, 6.07) is 0. The van der Waals surface area contributed by atoms with Crippen LogP contribution in [0.5, 0.6) is 0 Å². The van der Waals surface area contributed by atoms with E-state index in [1.165, 1.54) is 0 Å². The average molecular weight is 348 g/mol. The molecule has 2 aliphatic heterocycles. The van der Waals surface area contributed by atoms with Crippen molar-refractivity contribution in [3.8, 4) is 0 Å². The van der Waals surface area contributed by atoms with Gasteiger partial charge in [-0.15, -0.1) is 0 Å². The van der Waals surface area contributed by atoms with Crippen LogP contribution in [0.25, 0.3) is 0 Å². The molecular weight excluding hydrogens is 324 g/mol. The minimum Gasteiger partial charge on any atom is -0.453 e. The molecule has 0 amide bonds. The Labute approximate surface area is 146 Å². The molecule has 0 bridgehead atoms. The third-order valence-electron chi connectivity index (χ3n) is 6.89. The van der Waals surface area contributed by atoms with Crippen molar-refractivity contribution in [2.45, 2.75) is 70.6 Å². The quantitative estimate of drug-likeness (QED) is 0.467. The van der Waals surface area contributed by atoms with Gasteiger partial charge in [0.05, 0.1) is 11.7 Å². The molecule has 3 unspecified atom stereocenters. The van der Waals surface area contributed by atoms with E-state index in [1.54, 1.807) is 13.8 Å². The number of carbonyl (C=O) groups is 2. The summed E-state index contributed by atoms with van der Waals surface area (Å²) < 4.78 is 17.2. The molecule has 4 rings (SSSR count). The van der Waals surface area contributed by atoms with E-state index in [0.717, 1.165) is 12.8 Å². The fourth-order valence-electron chi connectivity index (χ4n) is 5.20. The number of epoxide rings is 1. The van der Waals surface area contributed by atoms with Crippen molar-refractivity contribution in [2.24, 2.45) is 11.3 Å². The summed E-state index contributed by atoms with van der Waals surface area (Å²) in [5, 5.41) is 11.1. The highest BCUT2D eigenvalue weighted by Crippen LogP contribution is 2.70. The zero-order valence-electron chi connectivity index (χ0n) is 15.0. The normalized spacial score (nSPS) is 47.4. The van der Waals surface area contributed by atoms with E-state index in [9.17, 15) is 14.7 Å². The fourth-order valence-corrected chi connectivity index (χ4v) is 5.20. The summed E-state index contributed by atoms with van der Waals surface area (Å²) in [7, 11) is 0. The molecule has 136 valence electrons. The third kappa shape index (κ3) is 1.87. The maximum absolute atomic E-state index is 12.3. The molecular formula is C19H24O6. The van der Waals surface area contributed by atoms with Crippen LogP contribution < -0.4 is 0 Å². The summed E-state index contributed by atoms with van der Waals surface area (Å²) in [4.78, 5) is 24.5. The predicted molar refractivity (Wildman–Crippen MR) is 87.2 cm³/mol. The maximum atomic E-state index is 12.3. The topological polar surface area (TPSA) is 85.4 Å². The second-order valence-corrected chi connectivity index (χ2v) is 8.21. The van der Waals surface area contributed by atoms with Crippen LogP contribution in [0.3, 0.4) is 0 Å². The Balaban J connectivity index is 1.89. The van der Waals surface area contributed by atoms with Crippen LogP contribution in [-0.2, 0) is 23.8 Å². The van der Waals surface area contributed by atoms with Gasteiger partial charge in [0.1, 0.15) is 11.7 Å². The lowest BCUT2D eigenvalue weighted by Crippen LogP contribution is -2.64. The fraction of sp³-hybridized carbons (Fsp3) is 0.684. The zero-order valence-corrected chi connectivity index (χ0v) is 15.0. The van der Waals surface area contributed by atoms with Gasteiger partial charge in [-0.2, -0.15) is 0 Å². The summed E-state index contributed by atoms with van der Waals surface area (Å²) in [6.07, 6.45) is 1.21. The largest absolute Gasteiger partial charge is 0.453 e. The van der Waals surface area contributed by atoms with Crippen LogP contribution in [0.4, 0.5) is 0 Å². The lowest BCUT2D eigenvalue weighted by Gasteiger charge is -2.54. The average Bonchev–Trinajstić information content (AvgIpc) is 3.17. The number of carbonyl (C=O) groups excluding carboxylic acids is 2. The van der Waals surface area contributed by atoms with Crippen molar-refractivity contribution < 1.29 is 28.9 Å². The van der Waals surface area contributed by atoms with E-state index in [-0.39, 0.29) is 24.0 Å². The molecule has 0 aromatic rings. The Morgan fingerprint density at radius 2 is 2.08 bits per heavy atom. The molecule has 3 fully saturated rings. The number of fused-ring (bicyclic) bond motifs is 1. The number of hydrogen-bond acceptors (Lipinski definition) is 6. The number of hydrogen-bond donors (Lipinski definition) is 1. The molecule has 0 aromatic heterocycles. The van der Waals surface area contributed by atoms with Crippen LogP contribution in [-0.4, -0.2) is 40.6 Å². The molecule has 1 saturated heterocycles. The van der Waals surface area contributed by atoms with Crippen LogP contribution in [0.1, 0.15) is 47.0 Å². The Morgan fingerprint density at radius 3 is 2.72 bits per heavy atom. The molecule has 2 saturated carbocycles. The van der Waals surface area contributed by atoms with Crippen molar-refractivity contribution in [1.82, 2.24) is 0 Å². The highest BCUT2D eigenvalue weighted by molar-refractivity contribution is 5.93.